The Hall–Kier alpha value is -1.88. The van der Waals surface area contributed by atoms with Gasteiger partial charge in [-0.05, 0) is 6.08 Å². The van der Waals surface area contributed by atoms with E-state index in [9.17, 15) is 4.79 Å². The first-order valence-electron chi connectivity index (χ1n) is 4.13. The molecule has 0 atom stereocenters. The van der Waals surface area contributed by atoms with E-state index in [4.69, 9.17) is 17.3 Å². The van der Waals surface area contributed by atoms with E-state index in [1.807, 2.05) is 0 Å². The normalized spacial score (nSPS) is 11.3. The van der Waals surface area contributed by atoms with Crippen LogP contribution < -0.4 is 5.73 Å². The van der Waals surface area contributed by atoms with Crippen molar-refractivity contribution in [3.8, 4) is 0 Å². The Morgan fingerprint density at radius 2 is 2.33 bits per heavy atom. The lowest BCUT2D eigenvalue weighted by atomic mass is 10.2. The third-order valence-corrected chi connectivity index (χ3v) is 2.16. The highest BCUT2D eigenvalue weighted by atomic mass is 35.5. The summed E-state index contributed by atoms with van der Waals surface area (Å²) in [5.41, 5.74) is 7.03. The minimum Gasteiger partial charge on any atom is -0.366 e. The second-order valence-electron chi connectivity index (χ2n) is 2.87. The van der Waals surface area contributed by atoms with E-state index in [0.717, 1.165) is 5.56 Å². The lowest BCUT2D eigenvalue weighted by molar-refractivity contribution is -0.113. The van der Waals surface area contributed by atoms with E-state index in [0.29, 0.717) is 16.2 Å². The number of hydrogen-bond acceptors (Lipinski definition) is 3. The maximum Gasteiger partial charge on any atom is 0.241 e. The van der Waals surface area contributed by atoms with E-state index in [2.05, 4.69) is 15.0 Å². The molecule has 0 aliphatic heterocycles. The van der Waals surface area contributed by atoms with E-state index in [1.165, 1.54) is 12.4 Å². The van der Waals surface area contributed by atoms with Gasteiger partial charge in [-0.3, -0.25) is 4.79 Å². The Morgan fingerprint density at radius 3 is 3.07 bits per heavy atom. The van der Waals surface area contributed by atoms with Crippen molar-refractivity contribution < 1.29 is 4.79 Å². The molecule has 0 aromatic carbocycles. The SMILES string of the molecule is NC(=O)C=Cc1c[nH]c2c(Cl)ncnc12. The molecule has 76 valence electrons. The van der Waals surface area contributed by atoms with Gasteiger partial charge in [0, 0.05) is 17.8 Å². The average Bonchev–Trinajstić information content (AvgIpc) is 2.59. The number of amides is 1. The first-order valence-corrected chi connectivity index (χ1v) is 4.51. The van der Waals surface area contributed by atoms with E-state index >= 15 is 0 Å². The molecule has 0 bridgehead atoms. The molecule has 2 heterocycles. The molecule has 2 aromatic heterocycles. The van der Waals surface area contributed by atoms with Crippen molar-refractivity contribution in [3.05, 3.63) is 29.3 Å². The van der Waals surface area contributed by atoms with Gasteiger partial charge < -0.3 is 10.7 Å². The van der Waals surface area contributed by atoms with Crippen LogP contribution in [0.25, 0.3) is 17.1 Å². The zero-order valence-corrected chi connectivity index (χ0v) is 8.32. The molecule has 3 N–H and O–H groups in total. The fourth-order valence-corrected chi connectivity index (χ4v) is 1.42. The maximum absolute atomic E-state index is 10.6. The quantitative estimate of drug-likeness (QED) is 0.590. The Bertz CT molecular complexity index is 546. The van der Waals surface area contributed by atoms with Gasteiger partial charge in [0.1, 0.15) is 17.4 Å². The summed E-state index contributed by atoms with van der Waals surface area (Å²) in [5, 5.41) is 0.346. The number of carbonyl (C=O) groups excluding carboxylic acids is 1. The van der Waals surface area contributed by atoms with Crippen molar-refractivity contribution in [2.75, 3.05) is 0 Å². The molecule has 0 unspecified atom stereocenters. The van der Waals surface area contributed by atoms with Crippen molar-refractivity contribution >= 4 is 34.6 Å². The highest BCUT2D eigenvalue weighted by Gasteiger charge is 2.06. The summed E-state index contributed by atoms with van der Waals surface area (Å²) >= 11 is 5.83. The number of carbonyl (C=O) groups is 1. The molecule has 0 saturated carbocycles. The van der Waals surface area contributed by atoms with Crippen LogP contribution in [0.1, 0.15) is 5.56 Å². The molecule has 15 heavy (non-hydrogen) atoms. The monoisotopic (exact) mass is 222 g/mol. The molecular weight excluding hydrogens is 216 g/mol. The predicted molar refractivity (Wildman–Crippen MR) is 57.1 cm³/mol. The molecule has 0 radical (unpaired) electrons. The molecule has 2 aromatic rings. The Morgan fingerprint density at radius 1 is 1.53 bits per heavy atom. The van der Waals surface area contributed by atoms with Crippen LogP contribution in [-0.2, 0) is 4.79 Å². The minimum atomic E-state index is -0.510. The van der Waals surface area contributed by atoms with Crippen LogP contribution in [0.4, 0.5) is 0 Å². The smallest absolute Gasteiger partial charge is 0.241 e. The summed E-state index contributed by atoms with van der Waals surface area (Å²) in [5.74, 6) is -0.510. The van der Waals surface area contributed by atoms with Gasteiger partial charge in [0.15, 0.2) is 5.15 Å². The summed E-state index contributed by atoms with van der Waals surface area (Å²) in [6, 6.07) is 0. The number of aromatic amines is 1. The number of rotatable bonds is 2. The Labute approximate surface area is 90.0 Å². The standard InChI is InChI=1S/C9H7ClN4O/c10-9-8-7(13-4-14-9)5(3-12-8)1-2-6(11)15/h1-4,12H,(H2,11,15). The number of aromatic nitrogens is 3. The fourth-order valence-electron chi connectivity index (χ4n) is 1.23. The molecule has 0 aliphatic carbocycles. The third kappa shape index (κ3) is 1.82. The molecule has 1 amide bonds. The highest BCUT2D eigenvalue weighted by molar-refractivity contribution is 6.33. The van der Waals surface area contributed by atoms with Crippen LogP contribution in [0.3, 0.4) is 0 Å². The number of nitrogens with zero attached hydrogens (tertiary/aromatic N) is 2. The number of hydrogen-bond donors (Lipinski definition) is 2. The van der Waals surface area contributed by atoms with Crippen LogP contribution in [0, 0.1) is 0 Å². The molecule has 6 heteroatoms. The van der Waals surface area contributed by atoms with Crippen molar-refractivity contribution in [1.29, 1.82) is 0 Å². The zero-order chi connectivity index (χ0) is 10.8. The predicted octanol–water partition coefficient (Wildman–Crippen LogP) is 1.11. The fraction of sp³-hybridized carbons (Fsp3) is 0. The Kier molecular flexibility index (Phi) is 2.39. The average molecular weight is 223 g/mol. The van der Waals surface area contributed by atoms with Gasteiger partial charge in [0.2, 0.25) is 5.91 Å². The van der Waals surface area contributed by atoms with E-state index in [-0.39, 0.29) is 0 Å². The van der Waals surface area contributed by atoms with Gasteiger partial charge in [-0.25, -0.2) is 9.97 Å². The number of nitrogens with one attached hydrogen (secondary N) is 1. The highest BCUT2D eigenvalue weighted by Crippen LogP contribution is 2.21. The van der Waals surface area contributed by atoms with Gasteiger partial charge in [0.05, 0.1) is 0 Å². The first kappa shape index (κ1) is 9.67. The summed E-state index contributed by atoms with van der Waals surface area (Å²) in [7, 11) is 0. The largest absolute Gasteiger partial charge is 0.366 e. The molecular formula is C9H7ClN4O. The number of halogens is 1. The Balaban J connectivity index is 2.54. The van der Waals surface area contributed by atoms with Crippen LogP contribution in [0.5, 0.6) is 0 Å². The minimum absolute atomic E-state index is 0.346. The summed E-state index contributed by atoms with van der Waals surface area (Å²) in [6.45, 7) is 0. The summed E-state index contributed by atoms with van der Waals surface area (Å²) in [4.78, 5) is 21.4. The number of nitrogens with two attached hydrogens (primary N) is 1. The van der Waals surface area contributed by atoms with Crippen LogP contribution in [0.2, 0.25) is 5.15 Å². The van der Waals surface area contributed by atoms with Crippen LogP contribution in [-0.4, -0.2) is 20.9 Å². The van der Waals surface area contributed by atoms with Crippen molar-refractivity contribution in [1.82, 2.24) is 15.0 Å². The van der Waals surface area contributed by atoms with Crippen molar-refractivity contribution in [2.45, 2.75) is 0 Å². The van der Waals surface area contributed by atoms with Gasteiger partial charge in [-0.15, -0.1) is 0 Å². The first-order chi connectivity index (χ1) is 7.18. The van der Waals surface area contributed by atoms with E-state index in [1.54, 1.807) is 12.3 Å². The van der Waals surface area contributed by atoms with Crippen LogP contribution in [0.15, 0.2) is 18.6 Å². The molecule has 2 rings (SSSR count). The number of fused-ring (bicyclic) bond motifs is 1. The second kappa shape index (κ2) is 3.70. The van der Waals surface area contributed by atoms with Gasteiger partial charge >= 0.3 is 0 Å². The van der Waals surface area contributed by atoms with Gasteiger partial charge in [0.25, 0.3) is 0 Å². The van der Waals surface area contributed by atoms with Crippen LogP contribution >= 0.6 is 11.6 Å². The molecule has 0 fully saturated rings. The summed E-state index contributed by atoms with van der Waals surface area (Å²) in [6.07, 6.45) is 5.88. The number of primary amides is 1. The molecule has 0 aliphatic rings. The van der Waals surface area contributed by atoms with Gasteiger partial charge in [-0.2, -0.15) is 0 Å². The third-order valence-electron chi connectivity index (χ3n) is 1.87. The van der Waals surface area contributed by atoms with E-state index < -0.39 is 5.91 Å². The number of H-pyrrole nitrogens is 1. The molecule has 0 saturated heterocycles. The van der Waals surface area contributed by atoms with Crippen molar-refractivity contribution in [2.24, 2.45) is 5.73 Å². The lowest BCUT2D eigenvalue weighted by Crippen LogP contribution is -2.04. The van der Waals surface area contributed by atoms with Crippen molar-refractivity contribution in [3.63, 3.8) is 0 Å². The summed E-state index contributed by atoms with van der Waals surface area (Å²) < 4.78 is 0. The maximum atomic E-state index is 10.6. The lowest BCUT2D eigenvalue weighted by Gasteiger charge is -1.91. The zero-order valence-electron chi connectivity index (χ0n) is 7.57. The topological polar surface area (TPSA) is 84.7 Å². The van der Waals surface area contributed by atoms with Gasteiger partial charge in [-0.1, -0.05) is 11.6 Å². The second-order valence-corrected chi connectivity index (χ2v) is 3.23. The molecule has 0 spiro atoms. The molecule has 5 nitrogen and oxygen atoms in total.